The number of aromatic nitrogens is 2. The number of rotatable bonds is 3. The molecule has 0 radical (unpaired) electrons. The summed E-state index contributed by atoms with van der Waals surface area (Å²) in [6, 6.07) is 10.0. The van der Waals surface area contributed by atoms with Gasteiger partial charge in [-0.05, 0) is 12.1 Å². The van der Waals surface area contributed by atoms with Crippen LogP contribution in [0.25, 0.3) is 0 Å². The van der Waals surface area contributed by atoms with Gasteiger partial charge in [0.2, 0.25) is 0 Å². The normalized spacial score (nSPS) is 15.6. The van der Waals surface area contributed by atoms with Gasteiger partial charge in [0.1, 0.15) is 18.2 Å². The molecule has 1 aromatic heterocycles. The van der Waals surface area contributed by atoms with Gasteiger partial charge in [-0.2, -0.15) is 5.10 Å². The maximum Gasteiger partial charge on any atom is 0.145 e. The van der Waals surface area contributed by atoms with Gasteiger partial charge in [-0.25, -0.2) is 0 Å². The molecule has 19 heavy (non-hydrogen) atoms. The largest absolute Gasteiger partial charge is 0.492 e. The zero-order chi connectivity index (χ0) is 13.1. The first-order valence-electron chi connectivity index (χ1n) is 6.53. The molecule has 2 heterocycles. The molecular weight excluding hydrogens is 240 g/mol. The number of benzene rings is 1. The van der Waals surface area contributed by atoms with Gasteiger partial charge < -0.3 is 10.5 Å². The Morgan fingerprint density at radius 3 is 2.95 bits per heavy atom. The van der Waals surface area contributed by atoms with Crippen molar-refractivity contribution in [2.24, 2.45) is 0 Å². The molecule has 5 nitrogen and oxygen atoms in total. The molecule has 1 aromatic carbocycles. The highest BCUT2D eigenvalue weighted by Gasteiger charge is 2.14. The second kappa shape index (κ2) is 5.32. The minimum atomic E-state index is 0.574. The molecule has 1 aliphatic heterocycles. The van der Waals surface area contributed by atoms with E-state index in [0.29, 0.717) is 5.82 Å². The number of nitrogen functional groups attached to an aromatic ring is 1. The SMILES string of the molecule is Nc1ccn(CCN2CCOc3ccccc3C2)n1. The Hall–Kier alpha value is -2.01. The number of para-hydroxylation sites is 1. The third-order valence-electron chi connectivity index (χ3n) is 3.34. The summed E-state index contributed by atoms with van der Waals surface area (Å²) < 4.78 is 7.63. The van der Waals surface area contributed by atoms with E-state index < -0.39 is 0 Å². The van der Waals surface area contributed by atoms with Crippen LogP contribution in [0.15, 0.2) is 36.5 Å². The molecule has 100 valence electrons. The number of hydrogen-bond donors (Lipinski definition) is 1. The predicted molar refractivity (Wildman–Crippen MR) is 73.9 cm³/mol. The summed E-state index contributed by atoms with van der Waals surface area (Å²) in [6.45, 7) is 4.38. The highest BCUT2D eigenvalue weighted by atomic mass is 16.5. The van der Waals surface area contributed by atoms with Crippen molar-refractivity contribution >= 4 is 5.82 Å². The van der Waals surface area contributed by atoms with Crippen LogP contribution < -0.4 is 10.5 Å². The zero-order valence-corrected chi connectivity index (χ0v) is 10.8. The van der Waals surface area contributed by atoms with Gasteiger partial charge in [-0.15, -0.1) is 0 Å². The van der Waals surface area contributed by atoms with Gasteiger partial charge in [0.25, 0.3) is 0 Å². The van der Waals surface area contributed by atoms with Gasteiger partial charge >= 0.3 is 0 Å². The predicted octanol–water partition coefficient (Wildman–Crippen LogP) is 1.36. The molecule has 0 saturated carbocycles. The molecule has 3 rings (SSSR count). The standard InChI is InChI=1S/C14H18N4O/c15-14-5-6-18(16-14)8-7-17-9-10-19-13-4-2-1-3-12(13)11-17/h1-6H,7-11H2,(H2,15,16). The quantitative estimate of drug-likeness (QED) is 0.903. The fourth-order valence-electron chi connectivity index (χ4n) is 2.32. The van der Waals surface area contributed by atoms with Crippen LogP contribution in [0.2, 0.25) is 0 Å². The van der Waals surface area contributed by atoms with E-state index >= 15 is 0 Å². The summed E-state index contributed by atoms with van der Waals surface area (Å²) in [5.41, 5.74) is 6.86. The highest BCUT2D eigenvalue weighted by Crippen LogP contribution is 2.22. The molecule has 0 saturated heterocycles. The Bertz CT molecular complexity index is 552. The van der Waals surface area contributed by atoms with Gasteiger partial charge in [0.15, 0.2) is 0 Å². The van der Waals surface area contributed by atoms with E-state index in [4.69, 9.17) is 10.5 Å². The van der Waals surface area contributed by atoms with Gasteiger partial charge in [-0.1, -0.05) is 18.2 Å². The third-order valence-corrected chi connectivity index (χ3v) is 3.34. The molecule has 0 spiro atoms. The van der Waals surface area contributed by atoms with Gasteiger partial charge in [0.05, 0.1) is 6.54 Å². The molecule has 1 aliphatic rings. The van der Waals surface area contributed by atoms with Crippen molar-refractivity contribution in [3.05, 3.63) is 42.1 Å². The van der Waals surface area contributed by atoms with Crippen LogP contribution in [0.5, 0.6) is 5.75 Å². The van der Waals surface area contributed by atoms with Crippen molar-refractivity contribution in [1.82, 2.24) is 14.7 Å². The third kappa shape index (κ3) is 2.88. The molecule has 2 N–H and O–H groups in total. The first kappa shape index (κ1) is 12.0. The second-order valence-corrected chi connectivity index (χ2v) is 4.74. The average Bonchev–Trinajstić information content (AvgIpc) is 2.72. The summed E-state index contributed by atoms with van der Waals surface area (Å²) in [4.78, 5) is 2.38. The molecule has 5 heteroatoms. The van der Waals surface area contributed by atoms with E-state index in [9.17, 15) is 0 Å². The molecule has 0 bridgehead atoms. The summed E-state index contributed by atoms with van der Waals surface area (Å²) in [5, 5.41) is 4.20. The van der Waals surface area contributed by atoms with Crippen LogP contribution in [0, 0.1) is 0 Å². The summed E-state index contributed by atoms with van der Waals surface area (Å²) in [7, 11) is 0. The van der Waals surface area contributed by atoms with E-state index in [2.05, 4.69) is 22.1 Å². The van der Waals surface area contributed by atoms with Crippen molar-refractivity contribution in [3.8, 4) is 5.75 Å². The summed E-state index contributed by atoms with van der Waals surface area (Å²) >= 11 is 0. The van der Waals surface area contributed by atoms with E-state index in [1.54, 1.807) is 0 Å². The first-order chi connectivity index (χ1) is 9.31. The highest BCUT2D eigenvalue weighted by molar-refractivity contribution is 5.33. The van der Waals surface area contributed by atoms with Crippen LogP contribution in [0.4, 0.5) is 5.82 Å². The smallest absolute Gasteiger partial charge is 0.145 e. The number of hydrogen-bond acceptors (Lipinski definition) is 4. The molecule has 2 aromatic rings. The zero-order valence-electron chi connectivity index (χ0n) is 10.8. The maximum atomic E-state index is 5.75. The summed E-state index contributed by atoms with van der Waals surface area (Å²) in [6.07, 6.45) is 1.91. The maximum absolute atomic E-state index is 5.75. The minimum Gasteiger partial charge on any atom is -0.492 e. The monoisotopic (exact) mass is 258 g/mol. The number of nitrogens with two attached hydrogens (primary N) is 1. The van der Waals surface area contributed by atoms with Crippen LogP contribution in [0.3, 0.4) is 0 Å². The molecule has 0 aliphatic carbocycles. The van der Waals surface area contributed by atoms with Crippen LogP contribution in [-0.4, -0.2) is 34.4 Å². The van der Waals surface area contributed by atoms with E-state index in [1.807, 2.05) is 29.1 Å². The molecule has 0 amide bonds. The molecule has 0 unspecified atom stereocenters. The molecular formula is C14H18N4O. The van der Waals surface area contributed by atoms with E-state index in [-0.39, 0.29) is 0 Å². The Kier molecular flexibility index (Phi) is 3.37. The lowest BCUT2D eigenvalue weighted by Crippen LogP contribution is -2.29. The summed E-state index contributed by atoms with van der Waals surface area (Å²) in [5.74, 6) is 1.58. The lowest BCUT2D eigenvalue weighted by atomic mass is 10.2. The van der Waals surface area contributed by atoms with Gasteiger partial charge in [-0.3, -0.25) is 9.58 Å². The lowest BCUT2D eigenvalue weighted by molar-refractivity contribution is 0.217. The fraction of sp³-hybridized carbons (Fsp3) is 0.357. The lowest BCUT2D eigenvalue weighted by Gasteiger charge is -2.19. The van der Waals surface area contributed by atoms with Crippen LogP contribution in [0.1, 0.15) is 5.56 Å². The van der Waals surface area contributed by atoms with Crippen molar-refractivity contribution < 1.29 is 4.74 Å². The Morgan fingerprint density at radius 2 is 2.11 bits per heavy atom. The van der Waals surface area contributed by atoms with Crippen molar-refractivity contribution in [2.75, 3.05) is 25.4 Å². The second-order valence-electron chi connectivity index (χ2n) is 4.74. The van der Waals surface area contributed by atoms with Crippen LogP contribution in [-0.2, 0) is 13.1 Å². The number of ether oxygens (including phenoxy) is 1. The van der Waals surface area contributed by atoms with Crippen molar-refractivity contribution in [1.29, 1.82) is 0 Å². The molecule has 0 atom stereocenters. The van der Waals surface area contributed by atoms with Gasteiger partial charge in [0, 0.05) is 31.4 Å². The Morgan fingerprint density at radius 1 is 1.21 bits per heavy atom. The van der Waals surface area contributed by atoms with Crippen molar-refractivity contribution in [2.45, 2.75) is 13.1 Å². The first-order valence-corrected chi connectivity index (χ1v) is 6.53. The number of fused-ring (bicyclic) bond motifs is 1. The van der Waals surface area contributed by atoms with Crippen molar-refractivity contribution in [3.63, 3.8) is 0 Å². The Labute approximate surface area is 112 Å². The number of nitrogens with zero attached hydrogens (tertiary/aromatic N) is 3. The molecule has 0 fully saturated rings. The fourth-order valence-corrected chi connectivity index (χ4v) is 2.32. The topological polar surface area (TPSA) is 56.3 Å². The van der Waals surface area contributed by atoms with Crippen LogP contribution >= 0.6 is 0 Å². The van der Waals surface area contributed by atoms with E-state index in [0.717, 1.165) is 38.5 Å². The number of anilines is 1. The van der Waals surface area contributed by atoms with E-state index in [1.165, 1.54) is 5.56 Å². The average molecular weight is 258 g/mol. The Balaban J connectivity index is 1.63. The minimum absolute atomic E-state index is 0.574.